The summed E-state index contributed by atoms with van der Waals surface area (Å²) in [6, 6.07) is 5.94. The molecule has 21 heavy (non-hydrogen) atoms. The molecule has 0 saturated carbocycles. The summed E-state index contributed by atoms with van der Waals surface area (Å²) in [5.41, 5.74) is 1.82. The lowest BCUT2D eigenvalue weighted by molar-refractivity contribution is -0.274. The maximum atomic E-state index is 12.1. The maximum Gasteiger partial charge on any atom is 0.573 e. The molecule has 0 amide bonds. The lowest BCUT2D eigenvalue weighted by Crippen LogP contribution is -2.20. The van der Waals surface area contributed by atoms with Gasteiger partial charge in [-0.05, 0) is 30.2 Å². The van der Waals surface area contributed by atoms with Crippen LogP contribution in [-0.2, 0) is 13.1 Å². The van der Waals surface area contributed by atoms with Gasteiger partial charge in [-0.2, -0.15) is 5.10 Å². The largest absolute Gasteiger partial charge is 0.573 e. The van der Waals surface area contributed by atoms with E-state index < -0.39 is 6.36 Å². The Labute approximate surface area is 120 Å². The summed E-state index contributed by atoms with van der Waals surface area (Å²) >= 11 is 0. The molecule has 2 rings (SSSR count). The van der Waals surface area contributed by atoms with Crippen LogP contribution in [0.4, 0.5) is 13.2 Å². The van der Waals surface area contributed by atoms with Crippen molar-refractivity contribution in [2.45, 2.75) is 26.4 Å². The van der Waals surface area contributed by atoms with Gasteiger partial charge in [0.25, 0.3) is 0 Å². The second kappa shape index (κ2) is 6.62. The molecule has 1 aromatic heterocycles. The molecule has 0 unspecified atom stereocenters. The zero-order valence-electron chi connectivity index (χ0n) is 11.5. The molecule has 0 bridgehead atoms. The minimum atomic E-state index is -4.66. The fourth-order valence-corrected chi connectivity index (χ4v) is 1.87. The van der Waals surface area contributed by atoms with Gasteiger partial charge in [0, 0.05) is 19.3 Å². The van der Waals surface area contributed by atoms with Crippen LogP contribution >= 0.6 is 0 Å². The van der Waals surface area contributed by atoms with Crippen LogP contribution in [0, 0.1) is 6.92 Å². The Kier molecular flexibility index (Phi) is 4.85. The Hall–Kier alpha value is -2.02. The summed E-state index contributed by atoms with van der Waals surface area (Å²) in [5, 5.41) is 7.30. The Balaban J connectivity index is 1.79. The topological polar surface area (TPSA) is 39.1 Å². The molecular formula is C14H16F3N3O. The highest BCUT2D eigenvalue weighted by molar-refractivity contribution is 5.28. The van der Waals surface area contributed by atoms with Crippen molar-refractivity contribution in [2.75, 3.05) is 6.54 Å². The number of aromatic nitrogens is 2. The number of alkyl halides is 3. The third-order valence-corrected chi connectivity index (χ3v) is 2.74. The van der Waals surface area contributed by atoms with Crippen LogP contribution in [0.3, 0.4) is 0 Å². The van der Waals surface area contributed by atoms with Crippen molar-refractivity contribution in [3.05, 3.63) is 47.8 Å². The number of benzene rings is 1. The van der Waals surface area contributed by atoms with Crippen LogP contribution in [-0.4, -0.2) is 22.7 Å². The van der Waals surface area contributed by atoms with Crippen LogP contribution in [0.5, 0.6) is 5.75 Å². The average molecular weight is 299 g/mol. The van der Waals surface area contributed by atoms with Crippen LogP contribution in [0.2, 0.25) is 0 Å². The summed E-state index contributed by atoms with van der Waals surface area (Å²) in [5.74, 6) is -0.204. The number of nitrogens with one attached hydrogen (secondary N) is 1. The average Bonchev–Trinajstić information content (AvgIpc) is 2.79. The Morgan fingerprint density at radius 2 is 2.14 bits per heavy atom. The molecular weight excluding hydrogens is 283 g/mol. The van der Waals surface area contributed by atoms with Gasteiger partial charge in [0.1, 0.15) is 5.75 Å². The molecule has 4 nitrogen and oxygen atoms in total. The molecule has 114 valence electrons. The second-order valence-electron chi connectivity index (χ2n) is 4.65. The summed E-state index contributed by atoms with van der Waals surface area (Å²) < 4.78 is 42.1. The Morgan fingerprint density at radius 3 is 2.81 bits per heavy atom. The van der Waals surface area contributed by atoms with Crippen molar-refractivity contribution in [1.29, 1.82) is 0 Å². The van der Waals surface area contributed by atoms with Gasteiger partial charge in [0.05, 0.1) is 12.7 Å². The number of halogens is 3. The van der Waals surface area contributed by atoms with Gasteiger partial charge < -0.3 is 10.1 Å². The molecule has 0 aliphatic rings. The first-order valence-corrected chi connectivity index (χ1v) is 6.47. The molecule has 0 aliphatic carbocycles. The molecule has 0 fully saturated rings. The van der Waals surface area contributed by atoms with Crippen LogP contribution in [0.15, 0.2) is 36.7 Å². The molecule has 0 saturated heterocycles. The summed E-state index contributed by atoms with van der Waals surface area (Å²) in [7, 11) is 0. The molecule has 1 aromatic carbocycles. The quantitative estimate of drug-likeness (QED) is 0.834. The van der Waals surface area contributed by atoms with Crippen molar-refractivity contribution < 1.29 is 17.9 Å². The fourth-order valence-electron chi connectivity index (χ4n) is 1.87. The lowest BCUT2D eigenvalue weighted by Gasteiger charge is -2.10. The molecule has 1 heterocycles. The van der Waals surface area contributed by atoms with Gasteiger partial charge in [0.2, 0.25) is 0 Å². The molecule has 0 spiro atoms. The predicted octanol–water partition coefficient (Wildman–Crippen LogP) is 2.88. The van der Waals surface area contributed by atoms with Gasteiger partial charge in [-0.15, -0.1) is 13.2 Å². The number of aryl methyl sites for hydroxylation is 1. The standard InChI is InChI=1S/C14H16F3N3O/c1-11-8-19-20(10-11)6-5-18-9-12-3-2-4-13(7-12)21-14(15,16)17/h2-4,7-8,10,18H,5-6,9H2,1H3. The van der Waals surface area contributed by atoms with Gasteiger partial charge >= 0.3 is 6.36 Å². The first-order valence-electron chi connectivity index (χ1n) is 6.47. The van der Waals surface area contributed by atoms with Gasteiger partial charge in [-0.1, -0.05) is 12.1 Å². The third kappa shape index (κ3) is 5.47. The minimum Gasteiger partial charge on any atom is -0.406 e. The zero-order valence-corrected chi connectivity index (χ0v) is 11.5. The summed E-state index contributed by atoms with van der Waals surface area (Å²) in [4.78, 5) is 0. The van der Waals surface area contributed by atoms with Crippen molar-refractivity contribution in [3.63, 3.8) is 0 Å². The predicted molar refractivity (Wildman–Crippen MR) is 71.8 cm³/mol. The van der Waals surface area contributed by atoms with Gasteiger partial charge in [-0.25, -0.2) is 0 Å². The van der Waals surface area contributed by atoms with Crippen molar-refractivity contribution >= 4 is 0 Å². The van der Waals surface area contributed by atoms with E-state index in [1.807, 2.05) is 17.8 Å². The van der Waals surface area contributed by atoms with E-state index in [4.69, 9.17) is 0 Å². The van der Waals surface area contributed by atoms with Crippen molar-refractivity contribution in [3.8, 4) is 5.75 Å². The van der Waals surface area contributed by atoms with Gasteiger partial charge in [0.15, 0.2) is 0 Å². The minimum absolute atomic E-state index is 0.204. The second-order valence-corrected chi connectivity index (χ2v) is 4.65. The van der Waals surface area contributed by atoms with E-state index in [1.54, 1.807) is 12.3 Å². The molecule has 7 heteroatoms. The van der Waals surface area contributed by atoms with E-state index in [0.29, 0.717) is 19.6 Å². The Bertz CT molecular complexity index is 581. The van der Waals surface area contributed by atoms with Crippen LogP contribution < -0.4 is 10.1 Å². The maximum absolute atomic E-state index is 12.1. The summed E-state index contributed by atoms with van der Waals surface area (Å²) in [6.45, 7) is 3.80. The first-order chi connectivity index (χ1) is 9.92. The third-order valence-electron chi connectivity index (χ3n) is 2.74. The van der Waals surface area contributed by atoms with Crippen LogP contribution in [0.25, 0.3) is 0 Å². The fraction of sp³-hybridized carbons (Fsp3) is 0.357. The van der Waals surface area contributed by atoms with Crippen molar-refractivity contribution in [2.24, 2.45) is 0 Å². The van der Waals surface area contributed by atoms with Crippen molar-refractivity contribution in [1.82, 2.24) is 15.1 Å². The van der Waals surface area contributed by atoms with E-state index in [-0.39, 0.29) is 5.75 Å². The number of rotatable bonds is 6. The lowest BCUT2D eigenvalue weighted by atomic mass is 10.2. The SMILES string of the molecule is Cc1cnn(CCNCc2cccc(OC(F)(F)F)c2)c1. The van der Waals surface area contributed by atoms with E-state index in [0.717, 1.165) is 11.1 Å². The van der Waals surface area contributed by atoms with E-state index in [9.17, 15) is 13.2 Å². The van der Waals surface area contributed by atoms with E-state index in [1.165, 1.54) is 18.2 Å². The van der Waals surface area contributed by atoms with Gasteiger partial charge in [-0.3, -0.25) is 4.68 Å². The first kappa shape index (κ1) is 15.4. The number of nitrogens with zero attached hydrogens (tertiary/aromatic N) is 2. The number of hydrogen-bond donors (Lipinski definition) is 1. The molecule has 2 aromatic rings. The molecule has 0 atom stereocenters. The Morgan fingerprint density at radius 1 is 1.33 bits per heavy atom. The molecule has 1 N–H and O–H groups in total. The number of hydrogen-bond acceptors (Lipinski definition) is 3. The highest BCUT2D eigenvalue weighted by Gasteiger charge is 2.31. The molecule has 0 aliphatic heterocycles. The highest BCUT2D eigenvalue weighted by Crippen LogP contribution is 2.23. The molecule has 0 radical (unpaired) electrons. The normalized spacial score (nSPS) is 11.6. The van der Waals surface area contributed by atoms with Crippen LogP contribution in [0.1, 0.15) is 11.1 Å². The summed E-state index contributed by atoms with van der Waals surface area (Å²) in [6.07, 6.45) is -0.957. The highest BCUT2D eigenvalue weighted by atomic mass is 19.4. The number of ether oxygens (including phenoxy) is 1. The smallest absolute Gasteiger partial charge is 0.406 e. The monoisotopic (exact) mass is 299 g/mol. The van der Waals surface area contributed by atoms with E-state index >= 15 is 0 Å². The zero-order chi connectivity index (χ0) is 15.3. The van der Waals surface area contributed by atoms with E-state index in [2.05, 4.69) is 15.2 Å².